The molecule has 28 heavy (non-hydrogen) atoms. The van der Waals surface area contributed by atoms with Crippen LogP contribution in [0.3, 0.4) is 0 Å². The summed E-state index contributed by atoms with van der Waals surface area (Å²) in [6, 6.07) is 17.5. The molecule has 0 atom stereocenters. The first-order valence-electron chi connectivity index (χ1n) is 8.28. The zero-order valence-corrected chi connectivity index (χ0v) is 18.6. The number of methoxy groups -OCH3 is 1. The van der Waals surface area contributed by atoms with E-state index in [4.69, 9.17) is 9.47 Å². The predicted octanol–water partition coefficient (Wildman–Crippen LogP) is 6.03. The number of rotatable bonds is 6. The summed E-state index contributed by atoms with van der Waals surface area (Å²) < 4.78 is 26.6. The van der Waals surface area contributed by atoms with E-state index in [2.05, 4.69) is 43.8 Å². The van der Waals surface area contributed by atoms with Gasteiger partial charge in [-0.3, -0.25) is 4.79 Å². The highest BCUT2D eigenvalue weighted by atomic mass is 127. The van der Waals surface area contributed by atoms with E-state index in [9.17, 15) is 9.18 Å². The predicted molar refractivity (Wildman–Crippen MR) is 119 cm³/mol. The SMILES string of the molecule is COc1cc(C(=O)Nc2ccc(Br)cc2F)cc(I)c1OCc1ccccc1. The van der Waals surface area contributed by atoms with Crippen molar-refractivity contribution in [3.8, 4) is 11.5 Å². The monoisotopic (exact) mass is 555 g/mol. The van der Waals surface area contributed by atoms with E-state index >= 15 is 0 Å². The molecule has 7 heteroatoms. The average Bonchev–Trinajstić information content (AvgIpc) is 2.69. The van der Waals surface area contributed by atoms with Crippen molar-refractivity contribution in [2.75, 3.05) is 12.4 Å². The lowest BCUT2D eigenvalue weighted by Crippen LogP contribution is -2.14. The summed E-state index contributed by atoms with van der Waals surface area (Å²) in [7, 11) is 1.51. The molecule has 3 aromatic rings. The Kier molecular flexibility index (Phi) is 6.90. The van der Waals surface area contributed by atoms with Crippen molar-refractivity contribution in [3.63, 3.8) is 0 Å². The van der Waals surface area contributed by atoms with Crippen LogP contribution in [0.1, 0.15) is 15.9 Å². The quantitative estimate of drug-likeness (QED) is 0.378. The molecular formula is C21H16BrFINO3. The number of hydrogen-bond donors (Lipinski definition) is 1. The summed E-state index contributed by atoms with van der Waals surface area (Å²) in [4.78, 5) is 12.6. The Morgan fingerprint density at radius 2 is 1.89 bits per heavy atom. The molecule has 0 fully saturated rings. The van der Waals surface area contributed by atoms with Gasteiger partial charge in [0, 0.05) is 10.0 Å². The van der Waals surface area contributed by atoms with Gasteiger partial charge < -0.3 is 14.8 Å². The number of nitrogens with one attached hydrogen (secondary N) is 1. The Hall–Kier alpha value is -2.13. The summed E-state index contributed by atoms with van der Waals surface area (Å²) in [5.74, 6) is 0.0295. The zero-order chi connectivity index (χ0) is 20.1. The number of anilines is 1. The lowest BCUT2D eigenvalue weighted by atomic mass is 10.1. The Balaban J connectivity index is 1.80. The van der Waals surface area contributed by atoms with Crippen LogP contribution >= 0.6 is 38.5 Å². The molecule has 4 nitrogen and oxygen atoms in total. The van der Waals surface area contributed by atoms with Gasteiger partial charge in [0.05, 0.1) is 16.4 Å². The third-order valence-electron chi connectivity index (χ3n) is 3.90. The molecule has 144 valence electrons. The molecule has 0 radical (unpaired) electrons. The van der Waals surface area contributed by atoms with Gasteiger partial charge in [-0.1, -0.05) is 46.3 Å². The molecule has 0 aliphatic rings. The maximum absolute atomic E-state index is 14.0. The highest BCUT2D eigenvalue weighted by Crippen LogP contribution is 2.35. The van der Waals surface area contributed by atoms with Crippen LogP contribution in [0.25, 0.3) is 0 Å². The Bertz CT molecular complexity index is 998. The zero-order valence-electron chi connectivity index (χ0n) is 14.8. The van der Waals surface area contributed by atoms with E-state index in [0.717, 1.165) is 5.56 Å². The molecule has 0 aliphatic heterocycles. The lowest BCUT2D eigenvalue weighted by Gasteiger charge is -2.15. The molecule has 0 spiro atoms. The van der Waals surface area contributed by atoms with Crippen LogP contribution in [0.2, 0.25) is 0 Å². The third-order valence-corrected chi connectivity index (χ3v) is 5.19. The standard InChI is InChI=1S/C21H16BrFINO3/c1-27-19-10-14(21(26)25-18-8-7-15(22)11-16(18)23)9-17(24)20(19)28-12-13-5-3-2-4-6-13/h2-11H,12H2,1H3,(H,25,26). The fraction of sp³-hybridized carbons (Fsp3) is 0.0952. The van der Waals surface area contributed by atoms with Crippen LogP contribution in [-0.4, -0.2) is 13.0 Å². The van der Waals surface area contributed by atoms with Crippen molar-refractivity contribution in [1.82, 2.24) is 0 Å². The van der Waals surface area contributed by atoms with E-state index < -0.39 is 11.7 Å². The molecule has 3 rings (SSSR count). The van der Waals surface area contributed by atoms with Gasteiger partial charge in [0.2, 0.25) is 0 Å². The summed E-state index contributed by atoms with van der Waals surface area (Å²) in [6.45, 7) is 0.378. The Morgan fingerprint density at radius 3 is 2.57 bits per heavy atom. The first-order chi connectivity index (χ1) is 13.5. The smallest absolute Gasteiger partial charge is 0.255 e. The van der Waals surface area contributed by atoms with E-state index in [1.807, 2.05) is 30.3 Å². The van der Waals surface area contributed by atoms with Crippen molar-refractivity contribution >= 4 is 50.1 Å². The van der Waals surface area contributed by atoms with Gasteiger partial charge in [0.1, 0.15) is 12.4 Å². The third kappa shape index (κ3) is 5.02. The van der Waals surface area contributed by atoms with E-state index in [-0.39, 0.29) is 5.69 Å². The number of amides is 1. The lowest BCUT2D eigenvalue weighted by molar-refractivity contribution is 0.102. The van der Waals surface area contributed by atoms with Crippen molar-refractivity contribution in [2.24, 2.45) is 0 Å². The number of halogens is 3. The van der Waals surface area contributed by atoms with Gasteiger partial charge >= 0.3 is 0 Å². The highest BCUT2D eigenvalue weighted by molar-refractivity contribution is 14.1. The molecule has 0 unspecified atom stereocenters. The van der Waals surface area contributed by atoms with Crippen LogP contribution in [-0.2, 0) is 6.61 Å². The van der Waals surface area contributed by atoms with E-state index in [1.165, 1.54) is 19.2 Å². The summed E-state index contributed by atoms with van der Waals surface area (Å²) in [6.07, 6.45) is 0. The van der Waals surface area contributed by atoms with Gasteiger partial charge in [0.25, 0.3) is 5.91 Å². The van der Waals surface area contributed by atoms with Crippen molar-refractivity contribution in [3.05, 3.63) is 85.7 Å². The number of carbonyl (C=O) groups is 1. The highest BCUT2D eigenvalue weighted by Gasteiger charge is 2.17. The second-order valence-electron chi connectivity index (χ2n) is 5.84. The molecule has 0 aromatic heterocycles. The van der Waals surface area contributed by atoms with Gasteiger partial charge in [-0.25, -0.2) is 4.39 Å². The van der Waals surface area contributed by atoms with Gasteiger partial charge in [-0.2, -0.15) is 0 Å². The van der Waals surface area contributed by atoms with Crippen LogP contribution < -0.4 is 14.8 Å². The normalized spacial score (nSPS) is 10.4. The Morgan fingerprint density at radius 1 is 1.14 bits per heavy atom. The first kappa shape index (κ1) is 20.6. The number of benzene rings is 3. The van der Waals surface area contributed by atoms with Crippen LogP contribution in [0, 0.1) is 9.39 Å². The van der Waals surface area contributed by atoms with Gasteiger partial charge in [-0.05, 0) is 58.5 Å². The molecule has 0 saturated heterocycles. The molecule has 1 amide bonds. The maximum atomic E-state index is 14.0. The average molecular weight is 556 g/mol. The molecule has 0 saturated carbocycles. The van der Waals surface area contributed by atoms with Crippen LogP contribution in [0.4, 0.5) is 10.1 Å². The second-order valence-corrected chi connectivity index (χ2v) is 7.92. The molecule has 0 heterocycles. The molecule has 1 N–H and O–H groups in total. The first-order valence-corrected chi connectivity index (χ1v) is 10.2. The van der Waals surface area contributed by atoms with Gasteiger partial charge in [0.15, 0.2) is 11.5 Å². The molecule has 3 aromatic carbocycles. The minimum Gasteiger partial charge on any atom is -0.493 e. The number of ether oxygens (including phenoxy) is 2. The fourth-order valence-corrected chi connectivity index (χ4v) is 3.60. The van der Waals surface area contributed by atoms with Gasteiger partial charge in [-0.15, -0.1) is 0 Å². The topological polar surface area (TPSA) is 47.6 Å². The van der Waals surface area contributed by atoms with Crippen molar-refractivity contribution < 1.29 is 18.7 Å². The van der Waals surface area contributed by atoms with E-state index in [0.29, 0.717) is 31.7 Å². The second kappa shape index (κ2) is 9.38. The fourth-order valence-electron chi connectivity index (χ4n) is 2.51. The summed E-state index contributed by atoms with van der Waals surface area (Å²) in [5.41, 5.74) is 1.47. The molecule has 0 aliphatic carbocycles. The maximum Gasteiger partial charge on any atom is 0.255 e. The summed E-state index contributed by atoms with van der Waals surface area (Å²) in [5, 5.41) is 2.58. The largest absolute Gasteiger partial charge is 0.493 e. The van der Waals surface area contributed by atoms with E-state index in [1.54, 1.807) is 18.2 Å². The van der Waals surface area contributed by atoms with Crippen LogP contribution in [0.5, 0.6) is 11.5 Å². The van der Waals surface area contributed by atoms with Crippen molar-refractivity contribution in [2.45, 2.75) is 6.61 Å². The number of carbonyl (C=O) groups excluding carboxylic acids is 1. The van der Waals surface area contributed by atoms with Crippen LogP contribution in [0.15, 0.2) is 65.1 Å². The molecular weight excluding hydrogens is 540 g/mol. The van der Waals surface area contributed by atoms with Crippen molar-refractivity contribution in [1.29, 1.82) is 0 Å². The Labute approximate surface area is 184 Å². The minimum absolute atomic E-state index is 0.103. The summed E-state index contributed by atoms with van der Waals surface area (Å²) >= 11 is 5.28. The number of hydrogen-bond acceptors (Lipinski definition) is 3. The molecule has 0 bridgehead atoms. The minimum atomic E-state index is -0.521.